The van der Waals surface area contributed by atoms with Gasteiger partial charge in [0.15, 0.2) is 0 Å². The maximum absolute atomic E-state index is 13.1. The highest BCUT2D eigenvalue weighted by Gasteiger charge is 2.37. The van der Waals surface area contributed by atoms with E-state index < -0.39 is 0 Å². The van der Waals surface area contributed by atoms with Crippen LogP contribution in [0.4, 0.5) is 0 Å². The average Bonchev–Trinajstić information content (AvgIpc) is 3.42. The van der Waals surface area contributed by atoms with E-state index in [0.717, 1.165) is 32.2 Å². The molecule has 2 aliphatic heterocycles. The van der Waals surface area contributed by atoms with Crippen LogP contribution in [-0.4, -0.2) is 41.2 Å². The lowest BCUT2D eigenvalue weighted by Gasteiger charge is -2.35. The number of hydrogen-bond acceptors (Lipinski definition) is 4. The summed E-state index contributed by atoms with van der Waals surface area (Å²) in [5, 5.41) is 4.22. The Morgan fingerprint density at radius 2 is 2.04 bits per heavy atom. The molecular weight excluding hydrogens is 336 g/mol. The molecule has 2 atom stereocenters. The zero-order valence-corrected chi connectivity index (χ0v) is 14.9. The van der Waals surface area contributed by atoms with Gasteiger partial charge in [0.25, 0.3) is 5.91 Å². The molecule has 6 heteroatoms. The van der Waals surface area contributed by atoms with Crippen molar-refractivity contribution in [1.82, 2.24) is 9.80 Å². The third-order valence-corrected chi connectivity index (χ3v) is 5.99. The first kappa shape index (κ1) is 16.4. The molecule has 2 saturated heterocycles. The molecule has 25 heavy (non-hydrogen) atoms. The van der Waals surface area contributed by atoms with Gasteiger partial charge in [-0.3, -0.25) is 9.59 Å². The SMILES string of the molecule is O=C(c1ccoc1)N1CCC[C@@H](C(=O)N2CCC[C@H]2c2ccsc2)C1. The van der Waals surface area contributed by atoms with Crippen molar-refractivity contribution in [2.75, 3.05) is 19.6 Å². The molecule has 0 unspecified atom stereocenters. The van der Waals surface area contributed by atoms with Gasteiger partial charge < -0.3 is 14.2 Å². The number of carbonyl (C=O) groups is 2. The first-order valence-corrected chi connectivity index (χ1v) is 9.82. The maximum Gasteiger partial charge on any atom is 0.257 e. The van der Waals surface area contributed by atoms with Crippen molar-refractivity contribution in [1.29, 1.82) is 0 Å². The molecule has 132 valence electrons. The summed E-state index contributed by atoms with van der Waals surface area (Å²) in [5.74, 6) is 0.0734. The number of nitrogens with zero attached hydrogens (tertiary/aromatic N) is 2. The van der Waals surface area contributed by atoms with Crippen LogP contribution in [0.1, 0.15) is 47.6 Å². The van der Waals surface area contributed by atoms with E-state index in [9.17, 15) is 9.59 Å². The first-order chi connectivity index (χ1) is 12.2. The molecule has 4 rings (SSSR count). The van der Waals surface area contributed by atoms with Gasteiger partial charge in [0, 0.05) is 19.6 Å². The molecule has 0 bridgehead atoms. The largest absolute Gasteiger partial charge is 0.472 e. The molecule has 0 aromatic carbocycles. The van der Waals surface area contributed by atoms with Crippen LogP contribution in [0.25, 0.3) is 0 Å². The van der Waals surface area contributed by atoms with Gasteiger partial charge in [-0.2, -0.15) is 11.3 Å². The fraction of sp³-hybridized carbons (Fsp3) is 0.474. The third kappa shape index (κ3) is 3.23. The highest BCUT2D eigenvalue weighted by atomic mass is 32.1. The Labute approximate surface area is 151 Å². The Morgan fingerprint density at radius 1 is 1.16 bits per heavy atom. The predicted octanol–water partition coefficient (Wildman–Crippen LogP) is 3.56. The highest BCUT2D eigenvalue weighted by Crippen LogP contribution is 2.35. The van der Waals surface area contributed by atoms with Crippen LogP contribution in [0, 0.1) is 5.92 Å². The second kappa shape index (κ2) is 7.04. The van der Waals surface area contributed by atoms with Gasteiger partial charge in [-0.15, -0.1) is 0 Å². The van der Waals surface area contributed by atoms with Crippen molar-refractivity contribution in [3.05, 3.63) is 46.5 Å². The van der Waals surface area contributed by atoms with Gasteiger partial charge in [0.1, 0.15) is 6.26 Å². The van der Waals surface area contributed by atoms with E-state index in [4.69, 9.17) is 4.42 Å². The molecule has 2 aliphatic rings. The smallest absolute Gasteiger partial charge is 0.257 e. The van der Waals surface area contributed by atoms with Gasteiger partial charge in [0.2, 0.25) is 5.91 Å². The van der Waals surface area contributed by atoms with Gasteiger partial charge in [0.05, 0.1) is 23.8 Å². The van der Waals surface area contributed by atoms with E-state index in [0.29, 0.717) is 18.7 Å². The summed E-state index contributed by atoms with van der Waals surface area (Å²) < 4.78 is 5.02. The van der Waals surface area contributed by atoms with Crippen LogP contribution in [-0.2, 0) is 4.79 Å². The lowest BCUT2D eigenvalue weighted by atomic mass is 9.95. The standard InChI is InChI=1S/C19H22N2O3S/c22-18(15-5-9-24-12-15)20-7-1-3-14(11-20)19(23)21-8-2-4-17(21)16-6-10-25-13-16/h5-6,9-10,12-14,17H,1-4,7-8,11H2/t14-,17+/m1/s1. The van der Waals surface area contributed by atoms with Crippen LogP contribution < -0.4 is 0 Å². The average molecular weight is 358 g/mol. The van der Waals surface area contributed by atoms with Crippen LogP contribution in [0.5, 0.6) is 0 Å². The number of piperidine rings is 1. The van der Waals surface area contributed by atoms with E-state index in [1.54, 1.807) is 22.3 Å². The topological polar surface area (TPSA) is 53.8 Å². The summed E-state index contributed by atoms with van der Waals surface area (Å²) in [6.45, 7) is 2.04. The molecule has 0 spiro atoms. The molecule has 2 fully saturated rings. The van der Waals surface area contributed by atoms with Crippen molar-refractivity contribution in [3.8, 4) is 0 Å². The van der Waals surface area contributed by atoms with Gasteiger partial charge in [-0.25, -0.2) is 0 Å². The second-order valence-corrected chi connectivity index (χ2v) is 7.63. The fourth-order valence-corrected chi connectivity index (χ4v) is 4.72. The lowest BCUT2D eigenvalue weighted by molar-refractivity contribution is -0.137. The molecule has 2 amide bonds. The van der Waals surface area contributed by atoms with E-state index in [1.807, 2.05) is 4.90 Å². The molecule has 0 aliphatic carbocycles. The highest BCUT2D eigenvalue weighted by molar-refractivity contribution is 7.08. The molecule has 2 aromatic rings. The van der Waals surface area contributed by atoms with Crippen LogP contribution in [0.2, 0.25) is 0 Å². The Morgan fingerprint density at radius 3 is 2.80 bits per heavy atom. The van der Waals surface area contributed by atoms with E-state index in [-0.39, 0.29) is 23.8 Å². The Hall–Kier alpha value is -2.08. The molecule has 5 nitrogen and oxygen atoms in total. The zero-order chi connectivity index (χ0) is 17.2. The minimum absolute atomic E-state index is 0.0398. The van der Waals surface area contributed by atoms with E-state index in [1.165, 1.54) is 18.1 Å². The lowest BCUT2D eigenvalue weighted by Crippen LogP contribution is -2.46. The van der Waals surface area contributed by atoms with E-state index in [2.05, 4.69) is 16.8 Å². The van der Waals surface area contributed by atoms with Crippen molar-refractivity contribution in [3.63, 3.8) is 0 Å². The minimum Gasteiger partial charge on any atom is -0.472 e. The summed E-state index contributed by atoms with van der Waals surface area (Å²) in [4.78, 5) is 29.5. The molecule has 0 N–H and O–H groups in total. The van der Waals surface area contributed by atoms with E-state index >= 15 is 0 Å². The fourth-order valence-electron chi connectivity index (χ4n) is 4.01. The number of thiophene rings is 1. The number of likely N-dealkylation sites (tertiary alicyclic amines) is 2. The summed E-state index contributed by atoms with van der Waals surface area (Å²) >= 11 is 1.68. The molecule has 0 radical (unpaired) electrons. The second-order valence-electron chi connectivity index (χ2n) is 6.85. The van der Waals surface area contributed by atoms with Crippen molar-refractivity contribution in [2.45, 2.75) is 31.7 Å². The number of rotatable bonds is 3. The number of amides is 2. The molecular formula is C19H22N2O3S. The normalized spacial score (nSPS) is 23.8. The quantitative estimate of drug-likeness (QED) is 0.843. The van der Waals surface area contributed by atoms with Crippen LogP contribution in [0.3, 0.4) is 0 Å². The van der Waals surface area contributed by atoms with Crippen molar-refractivity contribution >= 4 is 23.2 Å². The minimum atomic E-state index is -0.0937. The third-order valence-electron chi connectivity index (χ3n) is 5.29. The number of carbonyl (C=O) groups excluding carboxylic acids is 2. The van der Waals surface area contributed by atoms with Gasteiger partial charge in [-0.05, 0) is 54.1 Å². The molecule has 2 aromatic heterocycles. The monoisotopic (exact) mass is 358 g/mol. The Bertz CT molecular complexity index is 726. The van der Waals surface area contributed by atoms with Crippen molar-refractivity contribution < 1.29 is 14.0 Å². The summed E-state index contributed by atoms with van der Waals surface area (Å²) in [7, 11) is 0. The Kier molecular flexibility index (Phi) is 4.61. The first-order valence-electron chi connectivity index (χ1n) is 8.88. The maximum atomic E-state index is 13.1. The Balaban J connectivity index is 1.45. The zero-order valence-electron chi connectivity index (χ0n) is 14.1. The number of furan rings is 1. The molecule has 0 saturated carbocycles. The summed E-state index contributed by atoms with van der Waals surface area (Å²) in [6.07, 6.45) is 6.80. The predicted molar refractivity (Wildman–Crippen MR) is 95.3 cm³/mol. The summed E-state index contributed by atoms with van der Waals surface area (Å²) in [5.41, 5.74) is 1.81. The van der Waals surface area contributed by atoms with Crippen LogP contribution >= 0.6 is 11.3 Å². The summed E-state index contributed by atoms with van der Waals surface area (Å²) in [6, 6.07) is 4.01. The molecule has 4 heterocycles. The number of hydrogen-bond donors (Lipinski definition) is 0. The van der Waals surface area contributed by atoms with Crippen LogP contribution in [0.15, 0.2) is 39.8 Å². The van der Waals surface area contributed by atoms with Gasteiger partial charge >= 0.3 is 0 Å². The van der Waals surface area contributed by atoms with Gasteiger partial charge in [-0.1, -0.05) is 0 Å². The van der Waals surface area contributed by atoms with Crippen molar-refractivity contribution in [2.24, 2.45) is 5.92 Å².